The molecular formula is C23H22F5N3O5S2. The Balaban J connectivity index is 1.98. The van der Waals surface area contributed by atoms with Crippen LogP contribution >= 0.6 is 0 Å². The number of halogens is 5. The first-order valence-electron chi connectivity index (χ1n) is 11.0. The Bertz CT molecular complexity index is 1480. The Morgan fingerprint density at radius 3 is 2.26 bits per heavy atom. The Kier molecular flexibility index (Phi) is 8.21. The smallest absolute Gasteiger partial charge is 0.336 e. The molecule has 1 unspecified atom stereocenters. The number of nitrogens with one attached hydrogen (secondary N) is 2. The van der Waals surface area contributed by atoms with E-state index in [-0.39, 0.29) is 29.4 Å². The molecule has 0 bridgehead atoms. The maximum absolute atomic E-state index is 14.3. The lowest BCUT2D eigenvalue weighted by Crippen LogP contribution is -2.54. The highest BCUT2D eigenvalue weighted by Crippen LogP contribution is 2.36. The third-order valence-corrected chi connectivity index (χ3v) is 8.57. The van der Waals surface area contributed by atoms with E-state index in [1.807, 2.05) is 5.32 Å². The zero-order valence-corrected chi connectivity index (χ0v) is 21.4. The fourth-order valence-electron chi connectivity index (χ4n) is 3.74. The van der Waals surface area contributed by atoms with E-state index in [1.54, 1.807) is 6.07 Å². The van der Waals surface area contributed by atoms with Crippen molar-refractivity contribution in [3.05, 3.63) is 65.2 Å². The van der Waals surface area contributed by atoms with Crippen molar-refractivity contribution >= 4 is 25.6 Å². The number of amides is 1. The minimum Gasteiger partial charge on any atom is -0.336 e. The van der Waals surface area contributed by atoms with Gasteiger partial charge in [-0.15, -0.1) is 0 Å². The number of benzene rings is 2. The molecule has 2 N–H and O–H groups in total. The molecule has 206 valence electrons. The van der Waals surface area contributed by atoms with E-state index < -0.39 is 78.1 Å². The van der Waals surface area contributed by atoms with Crippen molar-refractivity contribution in [2.24, 2.45) is 0 Å². The fourth-order valence-corrected chi connectivity index (χ4v) is 6.38. The van der Waals surface area contributed by atoms with E-state index in [0.717, 1.165) is 12.3 Å². The van der Waals surface area contributed by atoms with Crippen molar-refractivity contribution in [1.29, 1.82) is 5.26 Å². The van der Waals surface area contributed by atoms with Gasteiger partial charge in [-0.3, -0.25) is 10.1 Å². The van der Waals surface area contributed by atoms with Crippen LogP contribution in [0.4, 0.5) is 22.0 Å². The van der Waals surface area contributed by atoms with E-state index in [2.05, 4.69) is 5.32 Å². The lowest BCUT2D eigenvalue weighted by Gasteiger charge is -2.28. The molecule has 15 heteroatoms. The molecule has 0 radical (unpaired) electrons. The number of sulfone groups is 2. The molecule has 1 aliphatic rings. The second-order valence-electron chi connectivity index (χ2n) is 8.98. The lowest BCUT2D eigenvalue weighted by molar-refractivity contribution is -0.161. The Morgan fingerprint density at radius 2 is 1.74 bits per heavy atom. The van der Waals surface area contributed by atoms with Gasteiger partial charge >= 0.3 is 6.18 Å². The summed E-state index contributed by atoms with van der Waals surface area (Å²) in [7, 11) is -8.35. The molecule has 0 aromatic heterocycles. The standard InChI is InChI=1S/C23H22F5N3O5S2/c1-37(33,34)19-5-3-2-4-14(19)11-38(35,36)12-18(21(32)31-22(13-29)8-9-22)30-20(23(26,27)28)16-7-6-15(24)10-17(16)25/h2-7,10,18,20,30H,8-9,11-12H2,1H3,(H,31,32)/t18?,20-/m1/s1. The first-order valence-corrected chi connectivity index (χ1v) is 14.7. The van der Waals surface area contributed by atoms with Gasteiger partial charge in [0.2, 0.25) is 5.91 Å². The first-order chi connectivity index (χ1) is 17.5. The molecule has 1 aliphatic carbocycles. The average Bonchev–Trinajstić information content (AvgIpc) is 3.55. The number of hydrogen-bond donors (Lipinski definition) is 2. The molecule has 0 saturated heterocycles. The summed E-state index contributed by atoms with van der Waals surface area (Å²) in [5.74, 6) is -6.20. The molecule has 2 atom stereocenters. The molecule has 38 heavy (non-hydrogen) atoms. The second kappa shape index (κ2) is 10.6. The minimum absolute atomic E-state index is 0.165. The average molecular weight is 580 g/mol. The summed E-state index contributed by atoms with van der Waals surface area (Å²) in [5.41, 5.74) is -2.63. The largest absolute Gasteiger partial charge is 0.408 e. The number of hydrogen-bond acceptors (Lipinski definition) is 7. The molecule has 2 aromatic carbocycles. The molecule has 1 saturated carbocycles. The van der Waals surface area contributed by atoms with Crippen molar-refractivity contribution in [2.45, 2.75) is 47.3 Å². The van der Waals surface area contributed by atoms with Crippen LogP contribution in [-0.2, 0) is 30.2 Å². The number of alkyl halides is 3. The normalized spacial score (nSPS) is 16.8. The molecule has 0 spiro atoms. The van der Waals surface area contributed by atoms with E-state index in [1.165, 1.54) is 18.2 Å². The van der Waals surface area contributed by atoms with E-state index >= 15 is 0 Å². The highest BCUT2D eigenvalue weighted by molar-refractivity contribution is 7.91. The van der Waals surface area contributed by atoms with Gasteiger partial charge in [0, 0.05) is 17.9 Å². The topological polar surface area (TPSA) is 133 Å². The van der Waals surface area contributed by atoms with Crippen LogP contribution in [0, 0.1) is 23.0 Å². The van der Waals surface area contributed by atoms with Crippen LogP contribution in [0.5, 0.6) is 0 Å². The zero-order chi connectivity index (χ0) is 28.5. The molecular weight excluding hydrogens is 557 g/mol. The predicted octanol–water partition coefficient (Wildman–Crippen LogP) is 2.72. The number of carbonyl (C=O) groups excluding carboxylic acids is 1. The molecule has 2 aromatic rings. The predicted molar refractivity (Wildman–Crippen MR) is 125 cm³/mol. The SMILES string of the molecule is CS(=O)(=O)c1ccccc1CS(=O)(=O)CC(N[C@H](c1ccc(F)cc1F)C(F)(F)F)C(=O)NC1(C#N)CC1. The van der Waals surface area contributed by atoms with E-state index in [4.69, 9.17) is 0 Å². The van der Waals surface area contributed by atoms with Gasteiger partial charge in [-0.25, -0.2) is 25.6 Å². The van der Waals surface area contributed by atoms with Gasteiger partial charge in [0.05, 0.1) is 22.5 Å². The van der Waals surface area contributed by atoms with Gasteiger partial charge < -0.3 is 5.32 Å². The fraction of sp³-hybridized carbons (Fsp3) is 0.391. The van der Waals surface area contributed by atoms with Crippen molar-refractivity contribution in [3.63, 3.8) is 0 Å². The van der Waals surface area contributed by atoms with Gasteiger partial charge in [0.15, 0.2) is 19.7 Å². The summed E-state index contributed by atoms with van der Waals surface area (Å²) in [6.07, 6.45) is -4.04. The van der Waals surface area contributed by atoms with Crippen LogP contribution in [0.1, 0.15) is 30.0 Å². The maximum atomic E-state index is 14.3. The molecule has 0 heterocycles. The molecule has 8 nitrogen and oxygen atoms in total. The monoisotopic (exact) mass is 579 g/mol. The molecule has 1 amide bonds. The summed E-state index contributed by atoms with van der Waals surface area (Å²) in [6, 6.07) is 3.10. The summed E-state index contributed by atoms with van der Waals surface area (Å²) in [6.45, 7) is 0. The lowest BCUT2D eigenvalue weighted by atomic mass is 10.0. The van der Waals surface area contributed by atoms with Crippen LogP contribution in [0.25, 0.3) is 0 Å². The quantitative estimate of drug-likeness (QED) is 0.414. The van der Waals surface area contributed by atoms with Gasteiger partial charge in [-0.2, -0.15) is 18.4 Å². The number of nitrogens with zero attached hydrogens (tertiary/aromatic N) is 1. The number of carbonyl (C=O) groups is 1. The summed E-state index contributed by atoms with van der Waals surface area (Å²) in [4.78, 5) is 12.6. The number of nitriles is 1. The minimum atomic E-state index is -5.25. The summed E-state index contributed by atoms with van der Waals surface area (Å²) >= 11 is 0. The van der Waals surface area contributed by atoms with Gasteiger partial charge in [0.1, 0.15) is 29.3 Å². The van der Waals surface area contributed by atoms with Gasteiger partial charge in [-0.1, -0.05) is 24.3 Å². The molecule has 1 fully saturated rings. The van der Waals surface area contributed by atoms with Crippen LogP contribution in [-0.4, -0.2) is 52.5 Å². The number of rotatable bonds is 10. The first kappa shape index (κ1) is 29.5. The van der Waals surface area contributed by atoms with Crippen LogP contribution in [0.15, 0.2) is 47.4 Å². The highest BCUT2D eigenvalue weighted by atomic mass is 32.2. The maximum Gasteiger partial charge on any atom is 0.408 e. The van der Waals surface area contributed by atoms with Crippen molar-refractivity contribution in [1.82, 2.24) is 10.6 Å². The van der Waals surface area contributed by atoms with Gasteiger partial charge in [0.25, 0.3) is 0 Å². The Morgan fingerprint density at radius 1 is 1.11 bits per heavy atom. The molecule has 3 rings (SSSR count). The Hall–Kier alpha value is -3.09. The van der Waals surface area contributed by atoms with Crippen molar-refractivity contribution in [2.75, 3.05) is 12.0 Å². The van der Waals surface area contributed by atoms with Crippen LogP contribution in [0.2, 0.25) is 0 Å². The zero-order valence-electron chi connectivity index (χ0n) is 19.7. The highest BCUT2D eigenvalue weighted by Gasteiger charge is 2.48. The third kappa shape index (κ3) is 7.27. The second-order valence-corrected chi connectivity index (χ2v) is 13.1. The van der Waals surface area contributed by atoms with Crippen molar-refractivity contribution < 1.29 is 43.6 Å². The Labute approximate surface area is 215 Å². The summed E-state index contributed by atoms with van der Waals surface area (Å²) in [5, 5.41) is 13.3. The third-order valence-electron chi connectivity index (χ3n) is 5.78. The summed E-state index contributed by atoms with van der Waals surface area (Å²) < 4.78 is 120. The molecule has 0 aliphatic heterocycles. The van der Waals surface area contributed by atoms with E-state index in [9.17, 15) is 48.8 Å². The van der Waals surface area contributed by atoms with Gasteiger partial charge in [-0.05, 0) is 30.5 Å². The van der Waals surface area contributed by atoms with Crippen LogP contribution in [0.3, 0.4) is 0 Å². The van der Waals surface area contributed by atoms with Crippen molar-refractivity contribution in [3.8, 4) is 6.07 Å². The van der Waals surface area contributed by atoms with E-state index in [0.29, 0.717) is 12.1 Å². The van der Waals surface area contributed by atoms with Crippen LogP contribution < -0.4 is 10.6 Å².